The van der Waals surface area contributed by atoms with Crippen LogP contribution < -0.4 is 15.4 Å². The zero-order valence-corrected chi connectivity index (χ0v) is 19.8. The third-order valence-corrected chi connectivity index (χ3v) is 5.33. The summed E-state index contributed by atoms with van der Waals surface area (Å²) in [5.41, 5.74) is 0.751. The number of amides is 4. The van der Waals surface area contributed by atoms with Crippen LogP contribution in [0.15, 0.2) is 46.9 Å². The molecule has 0 bridgehead atoms. The molecule has 0 fully saturated rings. The number of aliphatic hydroxyl groups is 1. The van der Waals surface area contributed by atoms with Gasteiger partial charge in [0.05, 0.1) is 24.9 Å². The Kier molecular flexibility index (Phi) is 9.49. The first kappa shape index (κ1) is 27.1. The van der Waals surface area contributed by atoms with Crippen molar-refractivity contribution in [3.05, 3.63) is 63.9 Å². The molecule has 0 aliphatic carbocycles. The highest BCUT2D eigenvalue weighted by molar-refractivity contribution is 6.12. The zero-order chi connectivity index (χ0) is 26.8. The van der Waals surface area contributed by atoms with E-state index in [4.69, 9.17) is 9.15 Å². The molecule has 1 aromatic heterocycles. The van der Waals surface area contributed by atoms with Crippen LogP contribution in [-0.2, 0) is 32.4 Å². The summed E-state index contributed by atoms with van der Waals surface area (Å²) >= 11 is 0. The molecule has 13 nitrogen and oxygen atoms in total. The molecule has 1 aromatic carbocycles. The quantitative estimate of drug-likeness (QED) is 0.146. The van der Waals surface area contributed by atoms with Gasteiger partial charge in [-0.15, -0.1) is 0 Å². The van der Waals surface area contributed by atoms with Crippen LogP contribution in [-0.4, -0.2) is 51.6 Å². The summed E-state index contributed by atoms with van der Waals surface area (Å²) in [6.45, 7) is -0.416. The predicted octanol–water partition coefficient (Wildman–Crippen LogP) is 1.80. The molecule has 3 rings (SSSR count). The fourth-order valence-electron chi connectivity index (χ4n) is 3.44. The van der Waals surface area contributed by atoms with Gasteiger partial charge in [-0.05, 0) is 36.6 Å². The molecular weight excluding hydrogens is 488 g/mol. The number of carbonyl (C=O) groups excluding carboxylic acids is 4. The number of aliphatic hydroxyl groups excluding tert-OH is 1. The zero-order valence-electron chi connectivity index (χ0n) is 19.8. The lowest BCUT2D eigenvalue weighted by Gasteiger charge is -2.14. The van der Waals surface area contributed by atoms with Crippen molar-refractivity contribution in [3.63, 3.8) is 0 Å². The summed E-state index contributed by atoms with van der Waals surface area (Å²) in [5.74, 6) is -1.51. The molecule has 3 N–H and O–H groups in total. The maximum Gasteiger partial charge on any atom is 0.433 e. The van der Waals surface area contributed by atoms with E-state index in [1.165, 1.54) is 36.4 Å². The summed E-state index contributed by atoms with van der Waals surface area (Å²) in [4.78, 5) is 58.7. The fourth-order valence-corrected chi connectivity index (χ4v) is 3.44. The average Bonchev–Trinajstić information content (AvgIpc) is 3.48. The number of benzene rings is 1. The van der Waals surface area contributed by atoms with Crippen molar-refractivity contribution in [1.29, 1.82) is 0 Å². The van der Waals surface area contributed by atoms with Gasteiger partial charge in [-0.2, -0.15) is 0 Å². The molecule has 196 valence electrons. The van der Waals surface area contributed by atoms with Crippen molar-refractivity contribution < 1.29 is 38.4 Å². The van der Waals surface area contributed by atoms with Crippen LogP contribution >= 0.6 is 0 Å². The van der Waals surface area contributed by atoms with E-state index in [-0.39, 0.29) is 61.1 Å². The second-order valence-corrected chi connectivity index (χ2v) is 8.07. The van der Waals surface area contributed by atoms with Crippen LogP contribution in [0.3, 0.4) is 0 Å². The number of carbonyl (C=O) groups is 4. The van der Waals surface area contributed by atoms with Crippen molar-refractivity contribution in [2.45, 2.75) is 38.9 Å². The van der Waals surface area contributed by atoms with E-state index in [1.807, 2.05) is 0 Å². The summed E-state index contributed by atoms with van der Waals surface area (Å²) in [7, 11) is 0. The van der Waals surface area contributed by atoms with Crippen molar-refractivity contribution in [3.8, 4) is 5.75 Å². The number of hydrogen-bond donors (Lipinski definition) is 3. The van der Waals surface area contributed by atoms with Crippen LogP contribution in [0.1, 0.15) is 37.0 Å². The molecule has 1 aliphatic heterocycles. The molecule has 0 saturated carbocycles. The van der Waals surface area contributed by atoms with E-state index in [1.54, 1.807) is 6.07 Å². The topological polar surface area (TPSA) is 181 Å². The molecule has 0 atom stereocenters. The van der Waals surface area contributed by atoms with E-state index < -0.39 is 16.7 Å². The minimum Gasteiger partial charge on any atom is -0.483 e. The molecule has 0 saturated heterocycles. The normalized spacial score (nSPS) is 12.6. The Bertz CT molecular complexity index is 1190. The number of ether oxygens (including phenoxy) is 1. The van der Waals surface area contributed by atoms with Crippen LogP contribution in [0.5, 0.6) is 5.75 Å². The molecule has 13 heteroatoms. The SMILES string of the molecule is O=C(CCCCCN1C(=O)C=CC1=O)NCC(=O)Nc1cc(CO)ccc1OCc1ccc([N+](=O)[O-])o1. The number of furan rings is 1. The van der Waals surface area contributed by atoms with E-state index in [0.717, 1.165) is 4.90 Å². The van der Waals surface area contributed by atoms with Crippen molar-refractivity contribution in [2.75, 3.05) is 18.4 Å². The average molecular weight is 514 g/mol. The summed E-state index contributed by atoms with van der Waals surface area (Å²) in [6.07, 6.45) is 4.36. The number of rotatable bonds is 14. The Morgan fingerprint density at radius 1 is 1.05 bits per heavy atom. The van der Waals surface area contributed by atoms with Crippen LogP contribution in [0, 0.1) is 10.1 Å². The molecular formula is C24H26N4O9. The first-order valence-corrected chi connectivity index (χ1v) is 11.5. The number of nitrogens with zero attached hydrogens (tertiary/aromatic N) is 2. The third-order valence-electron chi connectivity index (χ3n) is 5.33. The minimum absolute atomic E-state index is 0.136. The van der Waals surface area contributed by atoms with Gasteiger partial charge in [-0.3, -0.25) is 34.2 Å². The Balaban J connectivity index is 1.42. The standard InChI is InChI=1S/C24H26N4O9/c29-14-16-5-7-19(36-15-17-6-10-24(37-17)28(34)35)18(12-16)26-21(31)13-25-20(30)4-2-1-3-11-27-22(32)8-9-23(27)33/h5-10,12,29H,1-4,11,13-15H2,(H,25,30)(H,26,31). The van der Waals surface area contributed by atoms with Crippen molar-refractivity contribution in [1.82, 2.24) is 10.2 Å². The molecule has 1 aliphatic rings. The van der Waals surface area contributed by atoms with Crippen LogP contribution in [0.4, 0.5) is 11.6 Å². The van der Waals surface area contributed by atoms with Crippen molar-refractivity contribution in [2.24, 2.45) is 0 Å². The van der Waals surface area contributed by atoms with Crippen LogP contribution in [0.2, 0.25) is 0 Å². The van der Waals surface area contributed by atoms with Gasteiger partial charge in [0.2, 0.25) is 11.8 Å². The van der Waals surface area contributed by atoms with Gasteiger partial charge in [0.1, 0.15) is 23.0 Å². The van der Waals surface area contributed by atoms with Crippen LogP contribution in [0.25, 0.3) is 0 Å². The van der Waals surface area contributed by atoms with E-state index >= 15 is 0 Å². The Morgan fingerprint density at radius 2 is 1.81 bits per heavy atom. The molecule has 37 heavy (non-hydrogen) atoms. The van der Waals surface area contributed by atoms with E-state index in [0.29, 0.717) is 31.4 Å². The lowest BCUT2D eigenvalue weighted by Crippen LogP contribution is -2.33. The first-order chi connectivity index (χ1) is 17.8. The Morgan fingerprint density at radius 3 is 2.49 bits per heavy atom. The molecule has 0 unspecified atom stereocenters. The van der Waals surface area contributed by atoms with Gasteiger partial charge in [0.15, 0.2) is 0 Å². The minimum atomic E-state index is -0.671. The Labute approximate surface area is 211 Å². The number of nitro groups is 1. The van der Waals surface area contributed by atoms with Gasteiger partial charge in [-0.1, -0.05) is 12.5 Å². The number of unbranched alkanes of at least 4 members (excludes halogenated alkanes) is 2. The predicted molar refractivity (Wildman–Crippen MR) is 128 cm³/mol. The molecule has 4 amide bonds. The maximum absolute atomic E-state index is 12.4. The maximum atomic E-state index is 12.4. The Hall–Kier alpha value is -4.52. The largest absolute Gasteiger partial charge is 0.483 e. The molecule has 0 spiro atoms. The fraction of sp³-hybridized carbons (Fsp3) is 0.333. The first-order valence-electron chi connectivity index (χ1n) is 11.5. The molecule has 0 radical (unpaired) electrons. The highest BCUT2D eigenvalue weighted by atomic mass is 16.6. The number of imide groups is 1. The summed E-state index contributed by atoms with van der Waals surface area (Å²) in [5, 5.41) is 25.3. The van der Waals surface area contributed by atoms with E-state index in [9.17, 15) is 34.4 Å². The summed E-state index contributed by atoms with van der Waals surface area (Å²) in [6, 6.07) is 7.22. The number of hydrogen-bond acceptors (Lipinski definition) is 9. The second kappa shape index (κ2) is 13.0. The van der Waals surface area contributed by atoms with Gasteiger partial charge >= 0.3 is 5.88 Å². The summed E-state index contributed by atoms with van der Waals surface area (Å²) < 4.78 is 10.7. The third kappa shape index (κ3) is 8.00. The van der Waals surface area contributed by atoms with Gasteiger partial charge in [0, 0.05) is 25.1 Å². The lowest BCUT2D eigenvalue weighted by molar-refractivity contribution is -0.402. The van der Waals surface area contributed by atoms with Gasteiger partial charge < -0.3 is 24.9 Å². The second-order valence-electron chi connectivity index (χ2n) is 8.07. The lowest BCUT2D eigenvalue weighted by atomic mass is 10.2. The van der Waals surface area contributed by atoms with Crippen molar-refractivity contribution >= 4 is 35.2 Å². The number of nitrogens with one attached hydrogen (secondary N) is 2. The van der Waals surface area contributed by atoms with E-state index in [2.05, 4.69) is 10.6 Å². The molecule has 2 heterocycles. The monoisotopic (exact) mass is 514 g/mol. The van der Waals surface area contributed by atoms with Gasteiger partial charge in [0.25, 0.3) is 11.8 Å². The smallest absolute Gasteiger partial charge is 0.433 e. The number of anilines is 1. The van der Waals surface area contributed by atoms with Gasteiger partial charge in [-0.25, -0.2) is 0 Å². The highest BCUT2D eigenvalue weighted by Gasteiger charge is 2.22. The highest BCUT2D eigenvalue weighted by Crippen LogP contribution is 2.27. The molecule has 2 aromatic rings.